The summed E-state index contributed by atoms with van der Waals surface area (Å²) in [5, 5.41) is 0. The molecular weight excluding hydrogens is 319 g/mol. The largest absolute Gasteiger partial charge is 0.397 e. The van der Waals surface area contributed by atoms with Crippen molar-refractivity contribution >= 4 is 19.7 Å². The molecule has 1 aromatic rings. The molecule has 1 amide bonds. The lowest BCUT2D eigenvalue weighted by Gasteiger charge is -2.25. The fourth-order valence-corrected chi connectivity index (χ4v) is 3.67. The van der Waals surface area contributed by atoms with Crippen LogP contribution in [0.15, 0.2) is 54.9 Å². The minimum Gasteiger partial charge on any atom is -0.312 e. The van der Waals surface area contributed by atoms with Crippen molar-refractivity contribution in [3.05, 3.63) is 54.9 Å². The Morgan fingerprint density at radius 2 is 1.78 bits per heavy atom. The van der Waals surface area contributed by atoms with Gasteiger partial charge in [-0.25, -0.2) is 0 Å². The summed E-state index contributed by atoms with van der Waals surface area (Å²) in [7, 11) is -1.78. The molecule has 0 atom stereocenters. The van der Waals surface area contributed by atoms with Gasteiger partial charge in [-0.1, -0.05) is 36.1 Å². The Kier molecular flexibility index (Phi) is 6.81. The topological polar surface area (TPSA) is 20.3 Å². The number of amides is 1. The summed E-state index contributed by atoms with van der Waals surface area (Å²) < 4.78 is 37.6. The highest BCUT2D eigenvalue weighted by molar-refractivity contribution is 6.87. The summed E-state index contributed by atoms with van der Waals surface area (Å²) in [6, 6.07) is 9.25. The maximum Gasteiger partial charge on any atom is 0.397 e. The maximum absolute atomic E-state index is 12.5. The zero-order chi connectivity index (χ0) is 17.5. The summed E-state index contributed by atoms with van der Waals surface area (Å²) in [5.41, 5.74) is 4.27. The molecule has 0 unspecified atom stereocenters. The quantitative estimate of drug-likeness (QED) is 0.616. The van der Waals surface area contributed by atoms with Crippen LogP contribution in [0.25, 0.3) is 0 Å². The van der Waals surface area contributed by atoms with Gasteiger partial charge in [-0.05, 0) is 24.6 Å². The van der Waals surface area contributed by atoms with Crippen molar-refractivity contribution in [1.29, 1.82) is 0 Å². The number of rotatable bonds is 8. The van der Waals surface area contributed by atoms with Crippen LogP contribution in [-0.2, 0) is 4.79 Å². The SMILES string of the molecule is C=C[Si](C)(C=C)CCCN(C(=O)CC(F)(F)F)c1ccccc1. The van der Waals surface area contributed by atoms with Crippen molar-refractivity contribution in [2.45, 2.75) is 31.6 Å². The van der Waals surface area contributed by atoms with E-state index < -0.39 is 26.6 Å². The number of anilines is 1. The van der Waals surface area contributed by atoms with Gasteiger partial charge in [-0.3, -0.25) is 4.79 Å². The molecule has 1 aromatic carbocycles. The van der Waals surface area contributed by atoms with Crippen LogP contribution in [0.5, 0.6) is 0 Å². The van der Waals surface area contributed by atoms with Crippen LogP contribution in [0.2, 0.25) is 12.6 Å². The molecule has 0 fully saturated rings. The van der Waals surface area contributed by atoms with E-state index in [1.807, 2.05) is 11.4 Å². The molecule has 1 rings (SSSR count). The Morgan fingerprint density at radius 3 is 2.26 bits per heavy atom. The number of nitrogens with zero attached hydrogens (tertiary/aromatic N) is 1. The van der Waals surface area contributed by atoms with E-state index in [0.717, 1.165) is 6.04 Å². The molecule has 0 radical (unpaired) electrons. The Morgan fingerprint density at radius 1 is 1.22 bits per heavy atom. The number of halogens is 3. The molecule has 0 aromatic heterocycles. The average Bonchev–Trinajstić information content (AvgIpc) is 2.50. The molecule has 0 aliphatic rings. The van der Waals surface area contributed by atoms with Crippen molar-refractivity contribution < 1.29 is 18.0 Å². The highest BCUT2D eigenvalue weighted by Crippen LogP contribution is 2.24. The van der Waals surface area contributed by atoms with E-state index in [4.69, 9.17) is 0 Å². The fourth-order valence-electron chi connectivity index (χ4n) is 2.18. The van der Waals surface area contributed by atoms with E-state index in [9.17, 15) is 18.0 Å². The lowest BCUT2D eigenvalue weighted by molar-refractivity contribution is -0.151. The van der Waals surface area contributed by atoms with Crippen LogP contribution in [0.1, 0.15) is 12.8 Å². The summed E-state index contributed by atoms with van der Waals surface area (Å²) >= 11 is 0. The van der Waals surface area contributed by atoms with Crippen LogP contribution in [0, 0.1) is 0 Å². The highest BCUT2D eigenvalue weighted by atomic mass is 28.3. The van der Waals surface area contributed by atoms with E-state index in [1.165, 1.54) is 4.90 Å². The number of hydrogen-bond donors (Lipinski definition) is 0. The first-order valence-electron chi connectivity index (χ1n) is 7.40. The van der Waals surface area contributed by atoms with Gasteiger partial charge in [0, 0.05) is 12.2 Å². The summed E-state index contributed by atoms with van der Waals surface area (Å²) in [6.45, 7) is 9.94. The third-order valence-corrected chi connectivity index (χ3v) is 7.05. The van der Waals surface area contributed by atoms with Crippen molar-refractivity contribution in [3.8, 4) is 0 Å². The summed E-state index contributed by atoms with van der Waals surface area (Å²) in [5.74, 6) is -0.927. The molecule has 0 bridgehead atoms. The van der Waals surface area contributed by atoms with Gasteiger partial charge in [0.2, 0.25) is 5.91 Å². The van der Waals surface area contributed by atoms with Gasteiger partial charge >= 0.3 is 6.18 Å². The average molecular weight is 341 g/mol. The van der Waals surface area contributed by atoms with Crippen LogP contribution in [0.4, 0.5) is 18.9 Å². The van der Waals surface area contributed by atoms with Crippen LogP contribution < -0.4 is 4.90 Å². The second-order valence-corrected chi connectivity index (χ2v) is 10.0. The standard InChI is InChI=1S/C17H22F3NOSi/c1-4-23(3,5-2)13-9-12-21(15-10-7-6-8-11-15)16(22)14-17(18,19)20/h4-8,10-11H,1-2,9,12-14H2,3H3. The van der Waals surface area contributed by atoms with Gasteiger partial charge in [-0.15, -0.1) is 13.2 Å². The molecule has 0 spiro atoms. The number of para-hydroxylation sites is 1. The Bertz CT molecular complexity index is 535. The molecule has 0 saturated carbocycles. The predicted octanol–water partition coefficient (Wildman–Crippen LogP) is 4.89. The number of hydrogen-bond acceptors (Lipinski definition) is 1. The molecule has 0 aliphatic carbocycles. The van der Waals surface area contributed by atoms with E-state index in [0.29, 0.717) is 12.1 Å². The minimum atomic E-state index is -4.50. The van der Waals surface area contributed by atoms with Gasteiger partial charge in [0.1, 0.15) is 6.42 Å². The predicted molar refractivity (Wildman–Crippen MR) is 90.9 cm³/mol. The third kappa shape index (κ3) is 6.44. The van der Waals surface area contributed by atoms with Crippen LogP contribution in [-0.4, -0.2) is 26.7 Å². The van der Waals surface area contributed by atoms with E-state index in [-0.39, 0.29) is 6.54 Å². The minimum absolute atomic E-state index is 0.253. The van der Waals surface area contributed by atoms with Crippen molar-refractivity contribution in [1.82, 2.24) is 0 Å². The van der Waals surface area contributed by atoms with E-state index >= 15 is 0 Å². The van der Waals surface area contributed by atoms with Gasteiger partial charge in [0.15, 0.2) is 0 Å². The zero-order valence-electron chi connectivity index (χ0n) is 13.3. The molecule has 2 nitrogen and oxygen atoms in total. The molecule has 0 N–H and O–H groups in total. The lowest BCUT2D eigenvalue weighted by atomic mass is 10.2. The zero-order valence-corrected chi connectivity index (χ0v) is 14.3. The second-order valence-electron chi connectivity index (χ2n) is 5.69. The monoisotopic (exact) mass is 341 g/mol. The molecule has 0 aliphatic heterocycles. The van der Waals surface area contributed by atoms with Gasteiger partial charge in [0.05, 0.1) is 8.07 Å². The molecule has 0 saturated heterocycles. The lowest BCUT2D eigenvalue weighted by Crippen LogP contribution is -2.36. The molecule has 23 heavy (non-hydrogen) atoms. The Balaban J connectivity index is 2.83. The van der Waals surface area contributed by atoms with E-state index in [1.54, 1.807) is 30.3 Å². The number of carbonyl (C=O) groups is 1. The van der Waals surface area contributed by atoms with Gasteiger partial charge in [-0.2, -0.15) is 13.2 Å². The smallest absolute Gasteiger partial charge is 0.312 e. The van der Waals surface area contributed by atoms with Gasteiger partial charge in [0.25, 0.3) is 0 Å². The molecule has 6 heteroatoms. The number of alkyl halides is 3. The summed E-state index contributed by atoms with van der Waals surface area (Å²) in [4.78, 5) is 13.2. The van der Waals surface area contributed by atoms with Crippen molar-refractivity contribution in [2.24, 2.45) is 0 Å². The third-order valence-electron chi connectivity index (χ3n) is 3.75. The highest BCUT2D eigenvalue weighted by Gasteiger charge is 2.34. The summed E-state index contributed by atoms with van der Waals surface area (Å²) in [6.07, 6.45) is -5.34. The molecular formula is C17H22F3NOSi. The van der Waals surface area contributed by atoms with E-state index in [2.05, 4.69) is 19.7 Å². The van der Waals surface area contributed by atoms with Crippen LogP contribution in [0.3, 0.4) is 0 Å². The first kappa shape index (κ1) is 19.2. The molecule has 126 valence electrons. The molecule has 0 heterocycles. The fraction of sp³-hybridized carbons (Fsp3) is 0.353. The first-order valence-corrected chi connectivity index (χ1v) is 10.3. The normalized spacial score (nSPS) is 11.8. The number of benzene rings is 1. The Labute approximate surface area is 136 Å². The van der Waals surface area contributed by atoms with Crippen molar-refractivity contribution in [3.63, 3.8) is 0 Å². The number of carbonyl (C=O) groups excluding carboxylic acids is 1. The first-order chi connectivity index (χ1) is 10.7. The van der Waals surface area contributed by atoms with Crippen LogP contribution >= 0.6 is 0 Å². The maximum atomic E-state index is 12.5. The second kappa shape index (κ2) is 8.15. The van der Waals surface area contributed by atoms with Crippen molar-refractivity contribution in [2.75, 3.05) is 11.4 Å². The van der Waals surface area contributed by atoms with Gasteiger partial charge < -0.3 is 4.90 Å². The Hall–Kier alpha value is -1.82.